The average molecular weight is 201 g/mol. The first-order chi connectivity index (χ1) is 6.22. The van der Waals surface area contributed by atoms with Crippen LogP contribution < -0.4 is 5.32 Å². The number of ether oxygens (including phenoxy) is 1. The van der Waals surface area contributed by atoms with Crippen LogP contribution in [0.15, 0.2) is 12.3 Å². The zero-order valence-electron chi connectivity index (χ0n) is 8.00. The molecule has 0 heterocycles. The predicted octanol–water partition coefficient (Wildman–Crippen LogP) is 1.16. The van der Waals surface area contributed by atoms with Gasteiger partial charge in [0.15, 0.2) is 0 Å². The van der Waals surface area contributed by atoms with E-state index in [2.05, 4.69) is 16.3 Å². The zero-order valence-corrected chi connectivity index (χ0v) is 8.82. The minimum absolute atomic E-state index is 0.318. The number of thioether (sulfide) groups is 1. The smallest absolute Gasteiger partial charge is 0.331 e. The van der Waals surface area contributed by atoms with Crippen molar-refractivity contribution in [1.82, 2.24) is 5.32 Å². The molecule has 13 heavy (non-hydrogen) atoms. The summed E-state index contributed by atoms with van der Waals surface area (Å²) >= 11 is 1.89. The summed E-state index contributed by atoms with van der Waals surface area (Å²) in [5.41, 5.74) is 0. The summed E-state index contributed by atoms with van der Waals surface area (Å²) in [5, 5.41) is 3.10. The Hall–Kier alpha value is -0.640. The maximum Gasteiger partial charge on any atom is 0.331 e. The largest absolute Gasteiger partial charge is 0.466 e. The maximum atomic E-state index is 10.7. The molecule has 0 aromatic carbocycles. The van der Waals surface area contributed by atoms with Gasteiger partial charge in [-0.05, 0) is 19.1 Å². The second-order valence-electron chi connectivity index (χ2n) is 3.12. The summed E-state index contributed by atoms with van der Waals surface area (Å²) in [4.78, 5) is 10.7. The van der Waals surface area contributed by atoms with Crippen molar-refractivity contribution in [3.05, 3.63) is 12.3 Å². The van der Waals surface area contributed by atoms with Crippen LogP contribution in [0.5, 0.6) is 0 Å². The van der Waals surface area contributed by atoms with Gasteiger partial charge in [0, 0.05) is 23.6 Å². The summed E-state index contributed by atoms with van der Waals surface area (Å²) in [6, 6.07) is 0. The number of carbonyl (C=O) groups is 1. The number of hydrogen-bond donors (Lipinski definition) is 1. The van der Waals surface area contributed by atoms with Crippen molar-refractivity contribution < 1.29 is 9.53 Å². The lowest BCUT2D eigenvalue weighted by atomic mass is 10.4. The molecule has 1 aliphatic carbocycles. The van der Waals surface area contributed by atoms with Crippen LogP contribution in [-0.4, -0.2) is 30.6 Å². The standard InChI is InChI=1S/C9H15NO2S/c1-12-8(11)3-6-10-7-9(13-2)4-5-9/h3,6,10H,4-5,7H2,1-2H3/b6-3+. The van der Waals surface area contributed by atoms with Crippen molar-refractivity contribution in [2.75, 3.05) is 19.9 Å². The van der Waals surface area contributed by atoms with Crippen molar-refractivity contribution in [2.24, 2.45) is 0 Å². The second-order valence-corrected chi connectivity index (χ2v) is 4.40. The van der Waals surface area contributed by atoms with E-state index in [1.54, 1.807) is 6.20 Å². The van der Waals surface area contributed by atoms with Crippen LogP contribution in [0.3, 0.4) is 0 Å². The Morgan fingerprint density at radius 2 is 2.38 bits per heavy atom. The van der Waals surface area contributed by atoms with Gasteiger partial charge in [0.2, 0.25) is 0 Å². The van der Waals surface area contributed by atoms with E-state index in [4.69, 9.17) is 0 Å². The summed E-state index contributed by atoms with van der Waals surface area (Å²) in [6.07, 6.45) is 7.72. The Kier molecular flexibility index (Phi) is 3.66. The molecule has 1 rings (SSSR count). The number of rotatable bonds is 5. The van der Waals surface area contributed by atoms with E-state index < -0.39 is 0 Å². The highest BCUT2D eigenvalue weighted by Gasteiger charge is 2.41. The molecule has 0 aliphatic heterocycles. The molecule has 0 unspecified atom stereocenters. The van der Waals surface area contributed by atoms with Gasteiger partial charge in [0.05, 0.1) is 7.11 Å². The van der Waals surface area contributed by atoms with E-state index in [-0.39, 0.29) is 5.97 Å². The van der Waals surface area contributed by atoms with E-state index in [9.17, 15) is 4.79 Å². The number of methoxy groups -OCH3 is 1. The van der Waals surface area contributed by atoms with Crippen molar-refractivity contribution in [3.8, 4) is 0 Å². The van der Waals surface area contributed by atoms with E-state index in [0.29, 0.717) is 4.75 Å². The van der Waals surface area contributed by atoms with Gasteiger partial charge >= 0.3 is 5.97 Å². The molecule has 1 fully saturated rings. The molecule has 0 spiro atoms. The molecule has 0 atom stereocenters. The minimum Gasteiger partial charge on any atom is -0.466 e. The third-order valence-electron chi connectivity index (χ3n) is 2.20. The second kappa shape index (κ2) is 4.56. The molecule has 0 aromatic rings. The topological polar surface area (TPSA) is 38.3 Å². The van der Waals surface area contributed by atoms with Crippen LogP contribution in [0.25, 0.3) is 0 Å². The Morgan fingerprint density at radius 1 is 1.69 bits per heavy atom. The quantitative estimate of drug-likeness (QED) is 0.535. The normalized spacial score (nSPS) is 18.6. The van der Waals surface area contributed by atoms with Crippen molar-refractivity contribution in [1.29, 1.82) is 0 Å². The summed E-state index contributed by atoms with van der Waals surface area (Å²) in [6.45, 7) is 0.932. The summed E-state index contributed by atoms with van der Waals surface area (Å²) in [7, 11) is 1.37. The molecular weight excluding hydrogens is 186 g/mol. The van der Waals surface area contributed by atoms with Crippen LogP contribution >= 0.6 is 11.8 Å². The molecule has 0 radical (unpaired) electrons. The van der Waals surface area contributed by atoms with Crippen LogP contribution in [-0.2, 0) is 9.53 Å². The van der Waals surface area contributed by atoms with Crippen molar-refractivity contribution in [2.45, 2.75) is 17.6 Å². The van der Waals surface area contributed by atoms with Gasteiger partial charge < -0.3 is 10.1 Å². The monoisotopic (exact) mass is 201 g/mol. The Balaban J connectivity index is 2.13. The number of carbonyl (C=O) groups excluding carboxylic acids is 1. The fourth-order valence-electron chi connectivity index (χ4n) is 1.03. The van der Waals surface area contributed by atoms with Gasteiger partial charge in [-0.1, -0.05) is 0 Å². The first kappa shape index (κ1) is 10.4. The number of hydrogen-bond acceptors (Lipinski definition) is 4. The third kappa shape index (κ3) is 3.30. The van der Waals surface area contributed by atoms with Crippen LogP contribution in [0.2, 0.25) is 0 Å². The van der Waals surface area contributed by atoms with Gasteiger partial charge in [-0.3, -0.25) is 0 Å². The molecule has 0 aromatic heterocycles. The van der Waals surface area contributed by atoms with Crippen LogP contribution in [0.1, 0.15) is 12.8 Å². The summed E-state index contributed by atoms with van der Waals surface area (Å²) < 4.78 is 4.88. The predicted molar refractivity (Wildman–Crippen MR) is 54.6 cm³/mol. The average Bonchev–Trinajstić information content (AvgIpc) is 2.93. The molecule has 0 saturated heterocycles. The van der Waals surface area contributed by atoms with Gasteiger partial charge in [0.25, 0.3) is 0 Å². The molecule has 0 amide bonds. The Morgan fingerprint density at radius 3 is 2.85 bits per heavy atom. The molecule has 4 heteroatoms. The third-order valence-corrected chi connectivity index (χ3v) is 3.62. The SMILES string of the molecule is COC(=O)/C=C/NCC1(SC)CC1. The van der Waals surface area contributed by atoms with E-state index in [1.165, 1.54) is 26.0 Å². The van der Waals surface area contributed by atoms with Gasteiger partial charge in [-0.25, -0.2) is 4.79 Å². The van der Waals surface area contributed by atoms with Crippen molar-refractivity contribution >= 4 is 17.7 Å². The van der Waals surface area contributed by atoms with E-state index >= 15 is 0 Å². The molecular formula is C9H15NO2S. The number of esters is 1. The molecule has 3 nitrogen and oxygen atoms in total. The summed E-state index contributed by atoms with van der Waals surface area (Å²) in [5.74, 6) is -0.318. The fourth-order valence-corrected chi connectivity index (χ4v) is 1.77. The van der Waals surface area contributed by atoms with Gasteiger partial charge in [0.1, 0.15) is 0 Å². The maximum absolute atomic E-state index is 10.7. The fraction of sp³-hybridized carbons (Fsp3) is 0.667. The minimum atomic E-state index is -0.318. The molecule has 1 N–H and O–H groups in total. The Bertz CT molecular complexity index is 212. The molecule has 74 valence electrons. The molecule has 0 bridgehead atoms. The van der Waals surface area contributed by atoms with Gasteiger partial charge in [-0.15, -0.1) is 0 Å². The zero-order chi connectivity index (χ0) is 9.73. The highest BCUT2D eigenvalue weighted by Crippen LogP contribution is 2.46. The van der Waals surface area contributed by atoms with Crippen LogP contribution in [0.4, 0.5) is 0 Å². The van der Waals surface area contributed by atoms with E-state index in [1.807, 2.05) is 11.8 Å². The Labute approximate surface area is 82.9 Å². The number of nitrogens with one attached hydrogen (secondary N) is 1. The van der Waals surface area contributed by atoms with Crippen LogP contribution in [0, 0.1) is 0 Å². The lowest BCUT2D eigenvalue weighted by Gasteiger charge is -2.10. The van der Waals surface area contributed by atoms with E-state index in [0.717, 1.165) is 6.54 Å². The lowest BCUT2D eigenvalue weighted by Crippen LogP contribution is -2.21. The molecule has 1 saturated carbocycles. The first-order valence-corrected chi connectivity index (χ1v) is 5.48. The lowest BCUT2D eigenvalue weighted by molar-refractivity contribution is -0.134. The highest BCUT2D eigenvalue weighted by atomic mass is 32.2. The molecule has 1 aliphatic rings. The highest BCUT2D eigenvalue weighted by molar-refractivity contribution is 8.00. The van der Waals surface area contributed by atoms with Gasteiger partial charge in [-0.2, -0.15) is 11.8 Å². The first-order valence-electron chi connectivity index (χ1n) is 4.25. The van der Waals surface area contributed by atoms with Crippen molar-refractivity contribution in [3.63, 3.8) is 0 Å².